The number of nitrogens with one attached hydrogen (secondary N) is 1. The zero-order valence-corrected chi connectivity index (χ0v) is 16.0. The van der Waals surface area contributed by atoms with E-state index in [0.717, 1.165) is 38.6 Å². The molecule has 6 heteroatoms. The Morgan fingerprint density at radius 1 is 1.00 bits per heavy atom. The second kappa shape index (κ2) is 7.41. The number of nitrogens with zero attached hydrogens (tertiary/aromatic N) is 1. The largest absolute Gasteiger partial charge is 0.392 e. The molecule has 0 radical (unpaired) electrons. The zero-order valence-electron chi connectivity index (χ0n) is 16.0. The molecule has 4 N–H and O–H groups in total. The second-order valence-corrected chi connectivity index (χ2v) is 7.04. The van der Waals surface area contributed by atoms with E-state index in [1.54, 1.807) is 6.07 Å². The van der Waals surface area contributed by atoms with Crippen LogP contribution in [0.4, 0.5) is 5.69 Å². The van der Waals surface area contributed by atoms with Crippen LogP contribution in [0.25, 0.3) is 21.8 Å². The first-order chi connectivity index (χ1) is 14.0. The van der Waals surface area contributed by atoms with Gasteiger partial charge in [0.1, 0.15) is 0 Å². The van der Waals surface area contributed by atoms with Crippen LogP contribution in [0.15, 0.2) is 60.7 Å². The van der Waals surface area contributed by atoms with Crippen LogP contribution in [0.3, 0.4) is 0 Å². The quantitative estimate of drug-likeness (QED) is 0.490. The Morgan fingerprint density at radius 3 is 2.38 bits per heavy atom. The van der Waals surface area contributed by atoms with Crippen molar-refractivity contribution in [2.75, 3.05) is 5.32 Å². The molecule has 0 bridgehead atoms. The van der Waals surface area contributed by atoms with Gasteiger partial charge in [0.2, 0.25) is 11.8 Å². The SMILES string of the molecule is CC(=O)Nc1ccc(Cn2c3cc(CO)ccc3c3c(C(N)=O)cccc32)cc1. The molecule has 0 aliphatic heterocycles. The summed E-state index contributed by atoms with van der Waals surface area (Å²) in [5, 5.41) is 14.1. The minimum Gasteiger partial charge on any atom is -0.392 e. The van der Waals surface area contributed by atoms with Gasteiger partial charge in [-0.1, -0.05) is 30.3 Å². The van der Waals surface area contributed by atoms with Gasteiger partial charge in [-0.15, -0.1) is 0 Å². The van der Waals surface area contributed by atoms with Crippen molar-refractivity contribution in [1.82, 2.24) is 4.57 Å². The number of fused-ring (bicyclic) bond motifs is 3. The van der Waals surface area contributed by atoms with Gasteiger partial charge >= 0.3 is 0 Å². The summed E-state index contributed by atoms with van der Waals surface area (Å²) in [6.45, 7) is 1.98. The second-order valence-electron chi connectivity index (χ2n) is 7.04. The molecule has 1 heterocycles. The monoisotopic (exact) mass is 387 g/mol. The van der Waals surface area contributed by atoms with E-state index < -0.39 is 5.91 Å². The molecule has 0 aliphatic rings. The lowest BCUT2D eigenvalue weighted by Gasteiger charge is -2.10. The number of benzene rings is 3. The molecule has 0 saturated carbocycles. The summed E-state index contributed by atoms with van der Waals surface area (Å²) in [7, 11) is 0. The van der Waals surface area contributed by atoms with E-state index in [1.165, 1.54) is 6.92 Å². The minimum absolute atomic E-state index is 0.0639. The van der Waals surface area contributed by atoms with Gasteiger partial charge in [0, 0.05) is 41.0 Å². The van der Waals surface area contributed by atoms with Crippen molar-refractivity contribution in [3.63, 3.8) is 0 Å². The van der Waals surface area contributed by atoms with Crippen molar-refractivity contribution in [2.45, 2.75) is 20.1 Å². The maximum absolute atomic E-state index is 12.0. The molecule has 0 atom stereocenters. The molecule has 6 nitrogen and oxygen atoms in total. The number of hydrogen-bond acceptors (Lipinski definition) is 3. The standard InChI is InChI=1S/C23H21N3O3/c1-14(28)25-17-8-5-15(6-9-17)12-26-20-4-2-3-19(23(24)29)22(20)18-10-7-16(13-27)11-21(18)26/h2-11,27H,12-13H2,1H3,(H2,24,29)(H,25,28). The Labute approximate surface area is 167 Å². The van der Waals surface area contributed by atoms with Crippen LogP contribution in [0.5, 0.6) is 0 Å². The maximum Gasteiger partial charge on any atom is 0.249 e. The van der Waals surface area contributed by atoms with Crippen LogP contribution < -0.4 is 11.1 Å². The average molecular weight is 387 g/mol. The highest BCUT2D eigenvalue weighted by molar-refractivity contribution is 6.18. The van der Waals surface area contributed by atoms with E-state index in [1.807, 2.05) is 54.6 Å². The van der Waals surface area contributed by atoms with Gasteiger partial charge in [0.15, 0.2) is 0 Å². The third-order valence-electron chi connectivity index (χ3n) is 5.02. The highest BCUT2D eigenvalue weighted by atomic mass is 16.3. The summed E-state index contributed by atoms with van der Waals surface area (Å²) in [4.78, 5) is 23.2. The normalized spacial score (nSPS) is 11.1. The fourth-order valence-corrected chi connectivity index (χ4v) is 3.74. The van der Waals surface area contributed by atoms with E-state index in [-0.39, 0.29) is 12.5 Å². The molecule has 0 aliphatic carbocycles. The molecule has 4 rings (SSSR count). The molecule has 3 aromatic carbocycles. The molecule has 4 aromatic rings. The van der Waals surface area contributed by atoms with Crippen molar-refractivity contribution in [3.8, 4) is 0 Å². The molecule has 1 aromatic heterocycles. The molecule has 0 saturated heterocycles. The molecular weight excluding hydrogens is 366 g/mol. The maximum atomic E-state index is 12.0. The van der Waals surface area contributed by atoms with E-state index in [0.29, 0.717) is 12.1 Å². The average Bonchev–Trinajstić information content (AvgIpc) is 3.02. The number of amides is 2. The van der Waals surface area contributed by atoms with Crippen LogP contribution in [0, 0.1) is 0 Å². The predicted molar refractivity (Wildman–Crippen MR) is 114 cm³/mol. The Kier molecular flexibility index (Phi) is 4.78. The highest BCUT2D eigenvalue weighted by Gasteiger charge is 2.17. The summed E-state index contributed by atoms with van der Waals surface area (Å²) in [6.07, 6.45) is 0. The van der Waals surface area contributed by atoms with Crippen molar-refractivity contribution < 1.29 is 14.7 Å². The van der Waals surface area contributed by atoms with Gasteiger partial charge in [-0.25, -0.2) is 0 Å². The number of anilines is 1. The van der Waals surface area contributed by atoms with Crippen LogP contribution in [-0.4, -0.2) is 21.5 Å². The van der Waals surface area contributed by atoms with Crippen LogP contribution in [0.1, 0.15) is 28.4 Å². The number of rotatable bonds is 5. The topological polar surface area (TPSA) is 97.3 Å². The van der Waals surface area contributed by atoms with Gasteiger partial charge in [0.05, 0.1) is 12.1 Å². The summed E-state index contributed by atoms with van der Waals surface area (Å²) >= 11 is 0. The molecule has 29 heavy (non-hydrogen) atoms. The number of aliphatic hydroxyl groups is 1. The summed E-state index contributed by atoms with van der Waals surface area (Å²) < 4.78 is 2.11. The van der Waals surface area contributed by atoms with E-state index >= 15 is 0 Å². The van der Waals surface area contributed by atoms with Crippen LogP contribution >= 0.6 is 0 Å². The minimum atomic E-state index is -0.472. The first-order valence-corrected chi connectivity index (χ1v) is 9.29. The summed E-state index contributed by atoms with van der Waals surface area (Å²) in [6, 6.07) is 18.9. The van der Waals surface area contributed by atoms with Gasteiger partial charge < -0.3 is 20.7 Å². The lowest BCUT2D eigenvalue weighted by Crippen LogP contribution is -2.11. The number of nitrogens with two attached hydrogens (primary N) is 1. The molecule has 0 unspecified atom stereocenters. The third kappa shape index (κ3) is 3.46. The van der Waals surface area contributed by atoms with E-state index in [9.17, 15) is 14.7 Å². The number of aliphatic hydroxyl groups excluding tert-OH is 1. The van der Waals surface area contributed by atoms with Crippen molar-refractivity contribution in [3.05, 3.63) is 77.4 Å². The van der Waals surface area contributed by atoms with Gasteiger partial charge in [-0.05, 0) is 41.5 Å². The molecule has 0 spiro atoms. The Morgan fingerprint density at radius 2 is 1.72 bits per heavy atom. The summed E-state index contributed by atoms with van der Waals surface area (Å²) in [5.74, 6) is -0.587. The predicted octanol–water partition coefficient (Wildman–Crippen LogP) is 3.39. The lowest BCUT2D eigenvalue weighted by molar-refractivity contribution is -0.114. The molecule has 2 amide bonds. The number of hydrogen-bond donors (Lipinski definition) is 3. The number of carbonyl (C=O) groups is 2. The summed E-state index contributed by atoms with van der Waals surface area (Å²) in [5.41, 5.74) is 10.5. The van der Waals surface area contributed by atoms with Gasteiger partial charge in [-0.2, -0.15) is 0 Å². The molecular formula is C23H21N3O3. The van der Waals surface area contributed by atoms with Crippen LogP contribution in [-0.2, 0) is 17.9 Å². The first kappa shape index (κ1) is 18.7. The van der Waals surface area contributed by atoms with Crippen molar-refractivity contribution in [1.29, 1.82) is 0 Å². The Bertz CT molecular complexity index is 1240. The van der Waals surface area contributed by atoms with Crippen LogP contribution in [0.2, 0.25) is 0 Å². The fourth-order valence-electron chi connectivity index (χ4n) is 3.74. The van der Waals surface area contributed by atoms with Crippen molar-refractivity contribution in [2.24, 2.45) is 5.73 Å². The molecule has 0 fully saturated rings. The molecule has 146 valence electrons. The number of primary amides is 1. The third-order valence-corrected chi connectivity index (χ3v) is 5.02. The smallest absolute Gasteiger partial charge is 0.249 e. The number of aromatic nitrogens is 1. The van der Waals surface area contributed by atoms with Gasteiger partial charge in [0.25, 0.3) is 0 Å². The lowest BCUT2D eigenvalue weighted by atomic mass is 10.0. The Balaban J connectivity index is 1.88. The zero-order chi connectivity index (χ0) is 20.5. The first-order valence-electron chi connectivity index (χ1n) is 9.29. The number of carbonyl (C=O) groups excluding carboxylic acids is 2. The fraction of sp³-hybridized carbons (Fsp3) is 0.130. The highest BCUT2D eigenvalue weighted by Crippen LogP contribution is 2.33. The van der Waals surface area contributed by atoms with E-state index in [2.05, 4.69) is 9.88 Å². The Hall–Kier alpha value is -3.64. The van der Waals surface area contributed by atoms with Gasteiger partial charge in [-0.3, -0.25) is 9.59 Å². The van der Waals surface area contributed by atoms with Crippen molar-refractivity contribution >= 4 is 39.3 Å². The van der Waals surface area contributed by atoms with E-state index in [4.69, 9.17) is 5.73 Å².